The third kappa shape index (κ3) is 3.48. The maximum absolute atomic E-state index is 12.5. The first-order chi connectivity index (χ1) is 10.9. The normalized spacial score (nSPS) is 16.7. The van der Waals surface area contributed by atoms with Crippen LogP contribution in [0.3, 0.4) is 0 Å². The summed E-state index contributed by atoms with van der Waals surface area (Å²) in [6.45, 7) is 1.25. The van der Waals surface area contributed by atoms with Crippen molar-refractivity contribution in [3.63, 3.8) is 0 Å². The molecule has 1 fully saturated rings. The van der Waals surface area contributed by atoms with Crippen LogP contribution in [-0.4, -0.2) is 54.7 Å². The lowest BCUT2D eigenvalue weighted by atomic mass is 10.3. The van der Waals surface area contributed by atoms with Crippen LogP contribution in [0, 0.1) is 0 Å². The molecular formula is C13H13BrClN3O3S2. The second-order valence-corrected chi connectivity index (χ2v) is 9.78. The topological polar surface area (TPSA) is 73.5 Å². The molecule has 0 unspecified atom stereocenters. The smallest absolute Gasteiger partial charge is 0.270 e. The third-order valence-corrected chi connectivity index (χ3v) is 7.60. The molecule has 0 spiro atoms. The van der Waals surface area contributed by atoms with E-state index in [1.54, 1.807) is 23.2 Å². The van der Waals surface area contributed by atoms with Crippen molar-refractivity contribution in [2.24, 2.45) is 0 Å². The SMILES string of the molecule is O=C(c1cc(Br)c[nH]1)N1CCN(S(=O)(=O)c2ccc(Cl)s2)CC1. The average molecular weight is 439 g/mol. The molecule has 1 aliphatic heterocycles. The molecule has 6 nitrogen and oxygen atoms in total. The number of sulfonamides is 1. The van der Waals surface area contributed by atoms with Crippen molar-refractivity contribution in [1.29, 1.82) is 0 Å². The number of H-pyrrole nitrogens is 1. The van der Waals surface area contributed by atoms with Crippen LogP contribution in [0.4, 0.5) is 0 Å². The van der Waals surface area contributed by atoms with E-state index >= 15 is 0 Å². The molecule has 10 heteroatoms. The molecule has 2 aromatic rings. The van der Waals surface area contributed by atoms with Gasteiger partial charge in [0.25, 0.3) is 15.9 Å². The number of halogens is 2. The Hall–Kier alpha value is -0.870. The molecule has 1 amide bonds. The van der Waals surface area contributed by atoms with Gasteiger partial charge >= 0.3 is 0 Å². The van der Waals surface area contributed by atoms with Crippen LogP contribution in [0.15, 0.2) is 33.1 Å². The van der Waals surface area contributed by atoms with E-state index in [2.05, 4.69) is 20.9 Å². The number of aromatic amines is 1. The molecule has 0 bridgehead atoms. The van der Waals surface area contributed by atoms with Gasteiger partial charge in [-0.3, -0.25) is 4.79 Å². The van der Waals surface area contributed by atoms with Crippen molar-refractivity contribution >= 4 is 54.8 Å². The number of hydrogen-bond acceptors (Lipinski definition) is 4. The zero-order valence-electron chi connectivity index (χ0n) is 11.8. The first-order valence-corrected chi connectivity index (χ1v) is 10.2. The monoisotopic (exact) mass is 437 g/mol. The Bertz CT molecular complexity index is 825. The summed E-state index contributed by atoms with van der Waals surface area (Å²) in [6.07, 6.45) is 1.69. The summed E-state index contributed by atoms with van der Waals surface area (Å²) >= 11 is 10.1. The number of thiophene rings is 1. The summed E-state index contributed by atoms with van der Waals surface area (Å²) in [5.74, 6) is -0.132. The first kappa shape index (κ1) is 17.0. The number of piperazine rings is 1. The van der Waals surface area contributed by atoms with E-state index in [-0.39, 0.29) is 23.2 Å². The first-order valence-electron chi connectivity index (χ1n) is 6.76. The summed E-state index contributed by atoms with van der Waals surface area (Å²) in [4.78, 5) is 16.9. The molecule has 0 aromatic carbocycles. The molecular weight excluding hydrogens is 426 g/mol. The number of nitrogens with zero attached hydrogens (tertiary/aromatic N) is 2. The van der Waals surface area contributed by atoms with E-state index in [1.165, 1.54) is 10.4 Å². The molecule has 0 atom stereocenters. The maximum atomic E-state index is 12.5. The Morgan fingerprint density at radius 2 is 1.96 bits per heavy atom. The van der Waals surface area contributed by atoms with E-state index in [9.17, 15) is 13.2 Å². The minimum atomic E-state index is -3.54. The molecule has 3 heterocycles. The number of hydrogen-bond donors (Lipinski definition) is 1. The highest BCUT2D eigenvalue weighted by Crippen LogP contribution is 2.28. The highest BCUT2D eigenvalue weighted by molar-refractivity contribution is 9.10. The van der Waals surface area contributed by atoms with Crippen LogP contribution in [0.5, 0.6) is 0 Å². The van der Waals surface area contributed by atoms with E-state index in [0.29, 0.717) is 23.1 Å². The molecule has 0 aliphatic carbocycles. The fourth-order valence-corrected chi connectivity index (χ4v) is 5.76. The zero-order valence-corrected chi connectivity index (χ0v) is 15.8. The van der Waals surface area contributed by atoms with Gasteiger partial charge in [0.1, 0.15) is 9.90 Å². The molecule has 1 saturated heterocycles. The quantitative estimate of drug-likeness (QED) is 0.800. The van der Waals surface area contributed by atoms with Gasteiger partial charge in [-0.25, -0.2) is 8.42 Å². The number of carbonyl (C=O) groups is 1. The fourth-order valence-electron chi connectivity index (χ4n) is 2.36. The second kappa shape index (κ2) is 6.56. The Morgan fingerprint density at radius 1 is 1.26 bits per heavy atom. The number of nitrogens with one attached hydrogen (secondary N) is 1. The number of rotatable bonds is 3. The van der Waals surface area contributed by atoms with Crippen molar-refractivity contribution in [2.75, 3.05) is 26.2 Å². The van der Waals surface area contributed by atoms with Crippen molar-refractivity contribution in [1.82, 2.24) is 14.2 Å². The number of aromatic nitrogens is 1. The average Bonchev–Trinajstić information content (AvgIpc) is 3.15. The number of amides is 1. The molecule has 3 rings (SSSR count). The lowest BCUT2D eigenvalue weighted by Crippen LogP contribution is -2.50. The summed E-state index contributed by atoms with van der Waals surface area (Å²) in [5, 5.41) is 0. The van der Waals surface area contributed by atoms with Gasteiger partial charge in [0.2, 0.25) is 0 Å². The van der Waals surface area contributed by atoms with Crippen molar-refractivity contribution < 1.29 is 13.2 Å². The van der Waals surface area contributed by atoms with Crippen LogP contribution in [0.25, 0.3) is 0 Å². The molecule has 0 saturated carbocycles. The number of carbonyl (C=O) groups excluding carboxylic acids is 1. The molecule has 23 heavy (non-hydrogen) atoms. The third-order valence-electron chi connectivity index (χ3n) is 3.55. The van der Waals surface area contributed by atoms with Gasteiger partial charge in [-0.15, -0.1) is 11.3 Å². The van der Waals surface area contributed by atoms with E-state index < -0.39 is 10.0 Å². The van der Waals surface area contributed by atoms with Crippen molar-refractivity contribution in [3.8, 4) is 0 Å². The summed E-state index contributed by atoms with van der Waals surface area (Å²) in [5.41, 5.74) is 0.484. The standard InChI is InChI=1S/C13H13BrClN3O3S2/c14-9-7-10(16-8-9)13(19)17-3-5-18(6-4-17)23(20,21)12-2-1-11(15)22-12/h1-2,7-8,16H,3-6H2. The minimum absolute atomic E-state index is 0.132. The molecule has 1 aliphatic rings. The van der Waals surface area contributed by atoms with Crippen molar-refractivity contribution in [2.45, 2.75) is 4.21 Å². The Kier molecular flexibility index (Phi) is 4.84. The Morgan fingerprint density at radius 3 is 2.48 bits per heavy atom. The maximum Gasteiger partial charge on any atom is 0.270 e. The van der Waals surface area contributed by atoms with Crippen LogP contribution in [-0.2, 0) is 10.0 Å². The second-order valence-electron chi connectivity index (χ2n) is 4.99. The van der Waals surface area contributed by atoms with Gasteiger partial charge in [-0.1, -0.05) is 11.6 Å². The van der Waals surface area contributed by atoms with E-state index in [4.69, 9.17) is 11.6 Å². The zero-order chi connectivity index (χ0) is 16.6. The molecule has 2 aromatic heterocycles. The predicted molar refractivity (Wildman–Crippen MR) is 92.5 cm³/mol. The highest BCUT2D eigenvalue weighted by atomic mass is 79.9. The van der Waals surface area contributed by atoms with Gasteiger partial charge in [0, 0.05) is 36.8 Å². The minimum Gasteiger partial charge on any atom is -0.356 e. The molecule has 124 valence electrons. The van der Waals surface area contributed by atoms with Gasteiger partial charge in [0.05, 0.1) is 4.34 Å². The summed E-state index contributed by atoms with van der Waals surface area (Å²) in [6, 6.07) is 4.79. The van der Waals surface area contributed by atoms with Gasteiger partial charge in [-0.05, 0) is 34.1 Å². The van der Waals surface area contributed by atoms with Crippen LogP contribution < -0.4 is 0 Å². The summed E-state index contributed by atoms with van der Waals surface area (Å²) < 4.78 is 27.9. The van der Waals surface area contributed by atoms with Crippen LogP contribution in [0.1, 0.15) is 10.5 Å². The Labute approximate surface area is 151 Å². The fraction of sp³-hybridized carbons (Fsp3) is 0.308. The molecule has 1 N–H and O–H groups in total. The van der Waals surface area contributed by atoms with Gasteiger partial charge in [-0.2, -0.15) is 4.31 Å². The van der Waals surface area contributed by atoms with E-state index in [1.807, 2.05) is 0 Å². The van der Waals surface area contributed by atoms with Crippen LogP contribution >= 0.6 is 38.9 Å². The van der Waals surface area contributed by atoms with Gasteiger partial charge in [0.15, 0.2) is 0 Å². The molecule has 0 radical (unpaired) electrons. The largest absolute Gasteiger partial charge is 0.356 e. The highest BCUT2D eigenvalue weighted by Gasteiger charge is 2.31. The van der Waals surface area contributed by atoms with Crippen LogP contribution in [0.2, 0.25) is 4.34 Å². The van der Waals surface area contributed by atoms with E-state index in [0.717, 1.165) is 15.8 Å². The Balaban J connectivity index is 1.67. The van der Waals surface area contributed by atoms with Gasteiger partial charge < -0.3 is 9.88 Å². The predicted octanol–water partition coefficient (Wildman–Crippen LogP) is 2.64. The van der Waals surface area contributed by atoms with Crippen molar-refractivity contribution in [3.05, 3.63) is 38.9 Å². The lowest BCUT2D eigenvalue weighted by molar-refractivity contribution is 0.0693. The summed E-state index contributed by atoms with van der Waals surface area (Å²) in [7, 11) is -3.54. The lowest BCUT2D eigenvalue weighted by Gasteiger charge is -2.33.